The summed E-state index contributed by atoms with van der Waals surface area (Å²) in [6.45, 7) is 7.53. The molecule has 1 rings (SSSR count). The first kappa shape index (κ1) is 29.2. The number of hydrogen-bond acceptors (Lipinski definition) is 2. The highest BCUT2D eigenvalue weighted by Gasteiger charge is 2.30. The van der Waals surface area contributed by atoms with Gasteiger partial charge in [-0.05, 0) is 22.7 Å². The van der Waals surface area contributed by atoms with Crippen molar-refractivity contribution >= 4 is 32.7 Å². The van der Waals surface area contributed by atoms with Crippen molar-refractivity contribution in [2.24, 2.45) is 0 Å². The van der Waals surface area contributed by atoms with Crippen LogP contribution in [0.5, 0.6) is 0 Å². The van der Waals surface area contributed by atoms with Gasteiger partial charge in [0.15, 0.2) is 0 Å². The Morgan fingerprint density at radius 3 is 1.59 bits per heavy atom. The van der Waals surface area contributed by atoms with E-state index in [4.69, 9.17) is 4.55 Å². The van der Waals surface area contributed by atoms with Crippen molar-refractivity contribution < 1.29 is 17.5 Å². The van der Waals surface area contributed by atoms with Crippen LogP contribution in [0.1, 0.15) is 103 Å². The molecule has 0 radical (unpaired) electrons. The predicted octanol–water partition coefficient (Wildman–Crippen LogP) is 6.59. The molecule has 0 aromatic carbocycles. The van der Waals surface area contributed by atoms with Crippen molar-refractivity contribution in [1.82, 2.24) is 0 Å². The van der Waals surface area contributed by atoms with Gasteiger partial charge in [-0.3, -0.25) is 4.55 Å². The summed E-state index contributed by atoms with van der Waals surface area (Å²) in [5, 5.41) is 0. The highest BCUT2D eigenvalue weighted by atomic mass is 127. The maximum atomic E-state index is 9.19. The minimum atomic E-state index is -3.67. The van der Waals surface area contributed by atoms with Crippen LogP contribution in [-0.2, 0) is 10.1 Å². The average Bonchev–Trinajstić information content (AvgIpc) is 3.11. The Kier molecular flexibility index (Phi) is 19.0. The molecule has 0 unspecified atom stereocenters. The predicted molar refractivity (Wildman–Crippen MR) is 134 cm³/mol. The molecule has 0 aromatic rings. The van der Waals surface area contributed by atoms with Crippen LogP contribution in [0, 0.1) is 9.85 Å². The second kappa shape index (κ2) is 18.9. The fourth-order valence-electron chi connectivity index (χ4n) is 4.13. The minimum Gasteiger partial charge on any atom is -0.313 e. The zero-order chi connectivity index (χ0) is 21.8. The molecule has 1 aliphatic heterocycles. The molecule has 4 nitrogen and oxygen atoms in total. The van der Waals surface area contributed by atoms with Crippen molar-refractivity contribution in [1.29, 1.82) is 0 Å². The van der Waals surface area contributed by atoms with Gasteiger partial charge in [-0.15, -0.1) is 0 Å². The van der Waals surface area contributed by atoms with Gasteiger partial charge in [-0.2, -0.15) is 8.42 Å². The number of likely N-dealkylation sites (tertiary alicyclic amines) is 1. The van der Waals surface area contributed by atoms with Gasteiger partial charge in [0.1, 0.15) is 6.54 Å². The smallest absolute Gasteiger partial charge is 0.261 e. The van der Waals surface area contributed by atoms with Gasteiger partial charge < -0.3 is 4.48 Å². The maximum absolute atomic E-state index is 9.19. The summed E-state index contributed by atoms with van der Waals surface area (Å²) in [5.41, 5.74) is 0. The molecule has 0 bridgehead atoms. The Morgan fingerprint density at radius 2 is 1.21 bits per heavy atom. The molecule has 0 amide bonds. The maximum Gasteiger partial charge on any atom is 0.261 e. The lowest BCUT2D eigenvalue weighted by Crippen LogP contribution is -2.46. The van der Waals surface area contributed by atoms with E-state index in [9.17, 15) is 8.42 Å². The molecule has 6 heteroatoms. The van der Waals surface area contributed by atoms with E-state index in [0.717, 1.165) is 6.54 Å². The third-order valence-corrected chi connectivity index (χ3v) is 6.11. The summed E-state index contributed by atoms with van der Waals surface area (Å²) < 4.78 is 30.2. The van der Waals surface area contributed by atoms with Gasteiger partial charge >= 0.3 is 0 Å². The van der Waals surface area contributed by atoms with Crippen molar-refractivity contribution in [2.45, 2.75) is 103 Å². The summed E-state index contributed by atoms with van der Waals surface area (Å²) >= 11 is 2.19. The molecule has 1 saturated heterocycles. The van der Waals surface area contributed by atoms with Crippen LogP contribution < -0.4 is 0 Å². The molecule has 0 atom stereocenters. The third kappa shape index (κ3) is 21.2. The van der Waals surface area contributed by atoms with E-state index in [1.165, 1.54) is 120 Å². The van der Waals surface area contributed by atoms with Gasteiger partial charge in [0.25, 0.3) is 10.1 Å². The van der Waals surface area contributed by atoms with Crippen molar-refractivity contribution in [3.8, 4) is 9.85 Å². The SMILES string of the molecule is CCCCCCCCCCCCCCC[N+]1(CC#CI)CCCC1.CS(=O)(=O)O. The highest BCUT2D eigenvalue weighted by molar-refractivity contribution is 14.1. The topological polar surface area (TPSA) is 54.4 Å². The summed E-state index contributed by atoms with van der Waals surface area (Å²) in [4.78, 5) is 0. The van der Waals surface area contributed by atoms with E-state index in [1.54, 1.807) is 0 Å². The lowest BCUT2D eigenvalue weighted by molar-refractivity contribution is -0.910. The zero-order valence-corrected chi connectivity index (χ0v) is 21.9. The number of rotatable bonds is 15. The fourth-order valence-corrected chi connectivity index (χ4v) is 4.30. The van der Waals surface area contributed by atoms with Crippen LogP contribution in [0.2, 0.25) is 0 Å². The number of halogens is 1. The van der Waals surface area contributed by atoms with E-state index < -0.39 is 10.1 Å². The monoisotopic (exact) mass is 542 g/mol. The van der Waals surface area contributed by atoms with Gasteiger partial charge in [-0.25, -0.2) is 0 Å². The highest BCUT2D eigenvalue weighted by Crippen LogP contribution is 2.21. The number of nitrogens with zero attached hydrogens (tertiary/aromatic N) is 1. The quantitative estimate of drug-likeness (QED) is 0.0836. The van der Waals surface area contributed by atoms with E-state index in [0.29, 0.717) is 6.26 Å². The molecule has 0 saturated carbocycles. The second-order valence-corrected chi connectivity index (χ2v) is 10.6. The second-order valence-electron chi connectivity index (χ2n) is 8.62. The summed E-state index contributed by atoms with van der Waals surface area (Å²) in [6, 6.07) is 0. The Bertz CT molecular complexity index is 526. The first-order chi connectivity index (χ1) is 13.8. The average molecular weight is 543 g/mol. The van der Waals surface area contributed by atoms with Crippen molar-refractivity contribution in [3.63, 3.8) is 0 Å². The first-order valence-corrected chi connectivity index (χ1v) is 14.6. The lowest BCUT2D eigenvalue weighted by Gasteiger charge is -2.32. The van der Waals surface area contributed by atoms with Crippen LogP contribution >= 0.6 is 22.6 Å². The van der Waals surface area contributed by atoms with Crippen LogP contribution in [0.25, 0.3) is 0 Å². The van der Waals surface area contributed by atoms with Crippen LogP contribution in [0.3, 0.4) is 0 Å². The van der Waals surface area contributed by atoms with Crippen LogP contribution in [-0.4, -0.2) is 49.9 Å². The van der Waals surface area contributed by atoms with E-state index in [1.807, 2.05) is 0 Å². The van der Waals surface area contributed by atoms with Gasteiger partial charge in [0.2, 0.25) is 0 Å². The van der Waals surface area contributed by atoms with Gasteiger partial charge in [-0.1, -0.05) is 77.6 Å². The van der Waals surface area contributed by atoms with Crippen molar-refractivity contribution in [3.05, 3.63) is 0 Å². The molecule has 0 aliphatic carbocycles. The molecule has 1 heterocycles. The molecule has 29 heavy (non-hydrogen) atoms. The van der Waals surface area contributed by atoms with E-state index in [2.05, 4.69) is 39.4 Å². The molecule has 172 valence electrons. The zero-order valence-electron chi connectivity index (χ0n) is 18.9. The van der Waals surface area contributed by atoms with Crippen LogP contribution in [0.15, 0.2) is 0 Å². The molecular weight excluding hydrogens is 497 g/mol. The summed E-state index contributed by atoms with van der Waals surface area (Å²) in [6.07, 6.45) is 22.4. The molecule has 0 aromatic heterocycles. The molecule has 1 N–H and O–H groups in total. The van der Waals surface area contributed by atoms with E-state index >= 15 is 0 Å². The van der Waals surface area contributed by atoms with E-state index in [-0.39, 0.29) is 0 Å². The number of quaternary nitrogens is 1. The first-order valence-electron chi connectivity index (χ1n) is 11.7. The Labute approximate surface area is 195 Å². The third-order valence-electron chi connectivity index (χ3n) is 5.73. The Morgan fingerprint density at radius 1 is 0.828 bits per heavy atom. The largest absolute Gasteiger partial charge is 0.313 e. The Hall–Kier alpha value is 0.160. The lowest BCUT2D eigenvalue weighted by atomic mass is 10.0. The molecule has 1 fully saturated rings. The molecule has 1 aliphatic rings. The van der Waals surface area contributed by atoms with Crippen molar-refractivity contribution in [2.75, 3.05) is 32.4 Å². The normalized spacial score (nSPS) is 15.3. The minimum absolute atomic E-state index is 0.715. The fraction of sp³-hybridized carbons (Fsp3) is 0.913. The molecule has 0 spiro atoms. The standard InChI is InChI=1S/C22H41IN.CH4O3S/c1-2-3-4-5-6-7-8-9-10-11-12-13-14-19-24(22-17-18-23)20-15-16-21-24;1-5(2,3)4/h2-16,19-22H2,1H3;1H3,(H,2,3,4)/q+1;. The number of unbranched alkanes of at least 4 members (excludes halogenated alkanes) is 12. The van der Waals surface area contributed by atoms with Gasteiger partial charge in [0.05, 0.1) is 25.9 Å². The number of hydrogen-bond donors (Lipinski definition) is 1. The van der Waals surface area contributed by atoms with Crippen LogP contribution in [0.4, 0.5) is 0 Å². The summed E-state index contributed by atoms with van der Waals surface area (Å²) in [7, 11) is -3.67. The Balaban J connectivity index is 0.00000139. The van der Waals surface area contributed by atoms with Gasteiger partial charge in [0, 0.05) is 35.4 Å². The summed E-state index contributed by atoms with van der Waals surface area (Å²) in [5.74, 6) is 3.34. The molecular formula is C23H45INO3S+.